The van der Waals surface area contributed by atoms with Crippen LogP contribution < -0.4 is 10.2 Å². The van der Waals surface area contributed by atoms with Gasteiger partial charge in [0.05, 0.1) is 29.1 Å². The molecule has 2 amide bonds. The quantitative estimate of drug-likeness (QED) is 0.222. The Bertz CT molecular complexity index is 1830. The highest BCUT2D eigenvalue weighted by Crippen LogP contribution is 2.33. The molecule has 0 aliphatic carbocycles. The van der Waals surface area contributed by atoms with Gasteiger partial charge in [0, 0.05) is 18.8 Å². The van der Waals surface area contributed by atoms with Gasteiger partial charge in [-0.2, -0.15) is 17.5 Å². The molecule has 0 unspecified atom stereocenters. The number of ether oxygens (including phenoxy) is 1. The van der Waals surface area contributed by atoms with Crippen LogP contribution in [0.4, 0.5) is 23.7 Å². The largest absolute Gasteiger partial charge is 0.443 e. The fourth-order valence-electron chi connectivity index (χ4n) is 5.25. The van der Waals surface area contributed by atoms with E-state index in [1.165, 1.54) is 30.7 Å². The number of hydrogen-bond acceptors (Lipinski definition) is 8. The molecule has 1 aromatic heterocycles. The summed E-state index contributed by atoms with van der Waals surface area (Å²) in [5, 5.41) is 14.2. The molecule has 5 rings (SSSR count). The van der Waals surface area contributed by atoms with Crippen molar-refractivity contribution in [3.63, 3.8) is 0 Å². The number of fused-ring (bicyclic) bond motifs is 1. The lowest BCUT2D eigenvalue weighted by atomic mass is 10.0. The molecule has 0 saturated carbocycles. The lowest BCUT2D eigenvalue weighted by Gasteiger charge is -2.31. The van der Waals surface area contributed by atoms with Crippen LogP contribution in [0.2, 0.25) is 0 Å². The van der Waals surface area contributed by atoms with Gasteiger partial charge in [-0.1, -0.05) is 50.2 Å². The third-order valence-corrected chi connectivity index (χ3v) is 9.41. The maximum Gasteiger partial charge on any atom is 0.416 e. The molecular weight excluding hydrogens is 641 g/mol. The minimum atomic E-state index is -4.64. The Kier molecular flexibility index (Phi) is 9.89. The molecule has 1 aliphatic heterocycles. The lowest BCUT2D eigenvalue weighted by Crippen LogP contribution is -2.53. The van der Waals surface area contributed by atoms with E-state index in [-0.39, 0.29) is 36.0 Å². The van der Waals surface area contributed by atoms with Crippen LogP contribution in [0.1, 0.15) is 25.0 Å². The molecule has 2 heterocycles. The van der Waals surface area contributed by atoms with E-state index in [1.807, 2.05) is 13.8 Å². The van der Waals surface area contributed by atoms with Crippen molar-refractivity contribution in [2.24, 2.45) is 5.92 Å². The van der Waals surface area contributed by atoms with E-state index in [0.29, 0.717) is 11.1 Å². The van der Waals surface area contributed by atoms with Crippen LogP contribution in [-0.2, 0) is 32.2 Å². The van der Waals surface area contributed by atoms with Crippen molar-refractivity contribution in [3.05, 3.63) is 90.3 Å². The number of nitrogens with one attached hydrogen (secondary N) is 1. The number of cyclic esters (lactones) is 1. The van der Waals surface area contributed by atoms with E-state index < -0.39 is 58.6 Å². The zero-order chi connectivity index (χ0) is 33.9. The van der Waals surface area contributed by atoms with Gasteiger partial charge in [-0.15, -0.1) is 0 Å². The van der Waals surface area contributed by atoms with Crippen LogP contribution in [0.3, 0.4) is 0 Å². The third kappa shape index (κ3) is 7.92. The van der Waals surface area contributed by atoms with Gasteiger partial charge in [-0.05, 0) is 54.3 Å². The maximum absolute atomic E-state index is 13.8. The molecule has 3 atom stereocenters. The van der Waals surface area contributed by atoms with Crippen LogP contribution in [0.25, 0.3) is 11.1 Å². The summed E-state index contributed by atoms with van der Waals surface area (Å²) in [6.07, 6.45) is -7.20. The number of amides is 2. The number of aromatic nitrogens is 1. The topological polar surface area (TPSA) is 142 Å². The van der Waals surface area contributed by atoms with Crippen LogP contribution in [0.15, 0.2) is 88.5 Å². The number of benzene rings is 3. The molecule has 2 N–H and O–H groups in total. The highest BCUT2D eigenvalue weighted by molar-refractivity contribution is 7.89. The summed E-state index contributed by atoms with van der Waals surface area (Å²) in [6.45, 7) is 2.93. The van der Waals surface area contributed by atoms with E-state index in [0.717, 1.165) is 33.0 Å². The molecule has 11 nitrogen and oxygen atoms in total. The molecule has 4 aromatic rings. The fourth-order valence-corrected chi connectivity index (χ4v) is 6.89. The summed E-state index contributed by atoms with van der Waals surface area (Å²) in [5.41, 5.74) is 0.406. The van der Waals surface area contributed by atoms with Crippen LogP contribution >= 0.6 is 0 Å². The number of rotatable bonds is 12. The fraction of sp³-hybridized carbons (Fsp3) is 0.344. The van der Waals surface area contributed by atoms with E-state index >= 15 is 0 Å². The molecule has 1 aliphatic rings. The molecule has 47 heavy (non-hydrogen) atoms. The number of carbonyl (C=O) groups excluding carboxylic acids is 2. The summed E-state index contributed by atoms with van der Waals surface area (Å²) in [6, 6.07) is 16.2. The second kappa shape index (κ2) is 13.7. The zero-order valence-corrected chi connectivity index (χ0v) is 26.2. The summed E-state index contributed by atoms with van der Waals surface area (Å²) < 4.78 is 79.0. The number of nitrogens with zero attached hydrogens (tertiary/aromatic N) is 3. The van der Waals surface area contributed by atoms with Gasteiger partial charge in [-0.3, -0.25) is 9.69 Å². The molecule has 250 valence electrons. The van der Waals surface area contributed by atoms with Crippen LogP contribution in [0, 0.1) is 5.92 Å². The average molecular weight is 675 g/mol. The summed E-state index contributed by atoms with van der Waals surface area (Å²) in [7, 11) is -4.15. The van der Waals surface area contributed by atoms with E-state index in [1.54, 1.807) is 30.3 Å². The number of anilines is 1. The van der Waals surface area contributed by atoms with E-state index in [4.69, 9.17) is 9.15 Å². The van der Waals surface area contributed by atoms with Gasteiger partial charge in [0.15, 0.2) is 18.1 Å². The summed E-state index contributed by atoms with van der Waals surface area (Å²) in [4.78, 5) is 31.0. The van der Waals surface area contributed by atoms with Gasteiger partial charge >= 0.3 is 12.3 Å². The maximum atomic E-state index is 13.8. The van der Waals surface area contributed by atoms with E-state index in [2.05, 4.69) is 10.3 Å². The molecule has 0 bridgehead atoms. The second-order valence-electron chi connectivity index (χ2n) is 11.6. The Morgan fingerprint density at radius 2 is 1.83 bits per heavy atom. The zero-order valence-electron chi connectivity index (χ0n) is 25.4. The number of sulfonamides is 1. The van der Waals surface area contributed by atoms with Crippen molar-refractivity contribution in [2.75, 3.05) is 24.5 Å². The highest BCUT2D eigenvalue weighted by atomic mass is 32.2. The average Bonchev–Trinajstić information content (AvgIpc) is 3.66. The number of alkyl halides is 3. The first-order valence-electron chi connectivity index (χ1n) is 14.7. The van der Waals surface area contributed by atoms with Crippen molar-refractivity contribution >= 4 is 38.8 Å². The number of oxazole rings is 1. The highest BCUT2D eigenvalue weighted by Gasteiger charge is 2.40. The lowest BCUT2D eigenvalue weighted by molar-refractivity contribution is -0.137. The van der Waals surface area contributed by atoms with Gasteiger partial charge in [-0.25, -0.2) is 18.2 Å². The number of hydrogen-bond donors (Lipinski definition) is 2. The van der Waals surface area contributed by atoms with Gasteiger partial charge in [0.2, 0.25) is 10.0 Å². The third-order valence-electron chi connectivity index (χ3n) is 7.58. The number of carbonyl (C=O) groups is 2. The van der Waals surface area contributed by atoms with Crippen molar-refractivity contribution in [1.29, 1.82) is 0 Å². The molecule has 15 heteroatoms. The molecule has 0 spiro atoms. The van der Waals surface area contributed by atoms with Crippen LogP contribution in [-0.4, -0.2) is 72.7 Å². The summed E-state index contributed by atoms with van der Waals surface area (Å²) in [5.74, 6) is -0.933. The van der Waals surface area contributed by atoms with Crippen LogP contribution in [0.5, 0.6) is 0 Å². The molecule has 1 saturated heterocycles. The molecule has 1 fully saturated rings. The molecule has 3 aromatic carbocycles. The first-order valence-corrected chi connectivity index (χ1v) is 16.2. The first-order chi connectivity index (χ1) is 22.2. The predicted octanol–water partition coefficient (Wildman–Crippen LogP) is 4.61. The van der Waals surface area contributed by atoms with Gasteiger partial charge in [0.25, 0.3) is 5.91 Å². The summed E-state index contributed by atoms with van der Waals surface area (Å²) >= 11 is 0. The van der Waals surface area contributed by atoms with Crippen molar-refractivity contribution in [3.8, 4) is 0 Å². The molecular formula is C32H33F3N4O7S. The Hall–Kier alpha value is -4.47. The van der Waals surface area contributed by atoms with Gasteiger partial charge in [0.1, 0.15) is 5.52 Å². The monoisotopic (exact) mass is 674 g/mol. The Labute approximate surface area is 269 Å². The standard InChI is InChI=1S/C32H33F3N4O7S/c1-20(2)16-38(47(43,44)24-11-12-28-26(15-24)36-19-45-28)17-27(40)25(13-21-7-4-3-5-8-21)37-30(41)29-18-39(31(42)46-29)23-10-6-9-22(14-23)32(33,34)35/h3-12,14-15,19-20,25,27,29,40H,13,16-18H2,1-2H3,(H,37,41)/t25-,27+,29-/m0/s1. The Morgan fingerprint density at radius 1 is 1.09 bits per heavy atom. The Balaban J connectivity index is 1.36. The SMILES string of the molecule is CC(C)CN(C[C@@H](O)[C@H](Cc1ccccc1)NC(=O)[C@@H]1CN(c2cccc(C(F)(F)F)c2)C(=O)O1)S(=O)(=O)c1ccc2ocnc2c1. The minimum Gasteiger partial charge on any atom is -0.443 e. The second-order valence-corrected chi connectivity index (χ2v) is 13.5. The number of halogens is 3. The van der Waals surface area contributed by atoms with E-state index in [9.17, 15) is 36.3 Å². The van der Waals surface area contributed by atoms with Crippen molar-refractivity contribution in [1.82, 2.24) is 14.6 Å². The first kappa shape index (κ1) is 33.9. The normalized spacial score (nSPS) is 16.9. The predicted molar refractivity (Wildman–Crippen MR) is 165 cm³/mol. The number of aliphatic hydroxyl groups excluding tert-OH is 1. The van der Waals surface area contributed by atoms with Crippen molar-refractivity contribution in [2.45, 2.75) is 49.6 Å². The Morgan fingerprint density at radius 3 is 2.53 bits per heavy atom. The minimum absolute atomic E-state index is 0.0500. The smallest absolute Gasteiger partial charge is 0.416 e. The number of aliphatic hydroxyl groups is 1. The van der Waals surface area contributed by atoms with Crippen molar-refractivity contribution < 1.29 is 45.4 Å². The van der Waals surface area contributed by atoms with Gasteiger partial charge < -0.3 is 19.6 Å². The molecule has 0 radical (unpaired) electrons.